The van der Waals surface area contributed by atoms with Crippen LogP contribution in [0.3, 0.4) is 0 Å². The fraction of sp³-hybridized carbons (Fsp3) is 0.172. The third-order valence-electron chi connectivity index (χ3n) is 7.12. The number of ether oxygens (including phenoxy) is 2. The van der Waals surface area contributed by atoms with E-state index in [0.717, 1.165) is 33.9 Å². The molecule has 6 rings (SSSR count). The van der Waals surface area contributed by atoms with Crippen LogP contribution in [-0.2, 0) is 14.1 Å². The van der Waals surface area contributed by atoms with Crippen molar-refractivity contribution in [3.05, 3.63) is 105 Å². The molecule has 0 bridgehead atoms. The van der Waals surface area contributed by atoms with Crippen molar-refractivity contribution >= 4 is 16.6 Å². The van der Waals surface area contributed by atoms with Gasteiger partial charge in [-0.3, -0.25) is 13.9 Å². The summed E-state index contributed by atoms with van der Waals surface area (Å²) in [6, 6.07) is 23.0. The van der Waals surface area contributed by atoms with Gasteiger partial charge < -0.3 is 19.4 Å². The van der Waals surface area contributed by atoms with Crippen molar-refractivity contribution in [3.63, 3.8) is 0 Å². The lowest BCUT2D eigenvalue weighted by Gasteiger charge is -2.32. The number of hydrogen-bond acceptors (Lipinski definition) is 5. The van der Waals surface area contributed by atoms with Gasteiger partial charge in [-0.1, -0.05) is 54.6 Å². The molecule has 8 nitrogen and oxygen atoms in total. The van der Waals surface area contributed by atoms with Crippen molar-refractivity contribution < 1.29 is 9.47 Å². The average molecular weight is 495 g/mol. The van der Waals surface area contributed by atoms with E-state index in [-0.39, 0.29) is 11.2 Å². The van der Waals surface area contributed by atoms with Gasteiger partial charge in [-0.15, -0.1) is 0 Å². The summed E-state index contributed by atoms with van der Waals surface area (Å²) in [6.07, 6.45) is 0. The second-order valence-corrected chi connectivity index (χ2v) is 9.04. The SMILES string of the molecule is COc1cccc(C2Nc3ccccc3-n3c(-c4ccccc4)c4c(=O)n(C)c(=O)n(C)c4c32)c1OC. The van der Waals surface area contributed by atoms with Crippen molar-refractivity contribution in [1.82, 2.24) is 13.7 Å². The van der Waals surface area contributed by atoms with Gasteiger partial charge in [0, 0.05) is 19.7 Å². The van der Waals surface area contributed by atoms with E-state index in [1.54, 1.807) is 25.8 Å². The first-order valence-electron chi connectivity index (χ1n) is 11.9. The third-order valence-corrected chi connectivity index (χ3v) is 7.12. The van der Waals surface area contributed by atoms with Gasteiger partial charge in [-0.2, -0.15) is 0 Å². The van der Waals surface area contributed by atoms with Crippen LogP contribution in [0.15, 0.2) is 82.4 Å². The molecule has 1 aliphatic rings. The van der Waals surface area contributed by atoms with E-state index in [2.05, 4.69) is 9.88 Å². The molecule has 1 unspecified atom stereocenters. The topological polar surface area (TPSA) is 79.4 Å². The van der Waals surface area contributed by atoms with E-state index in [4.69, 9.17) is 9.47 Å². The van der Waals surface area contributed by atoms with Crippen molar-refractivity contribution in [3.8, 4) is 28.4 Å². The van der Waals surface area contributed by atoms with E-state index in [1.807, 2.05) is 72.8 Å². The Morgan fingerprint density at radius 2 is 1.54 bits per heavy atom. The zero-order valence-corrected chi connectivity index (χ0v) is 21.0. The zero-order valence-electron chi connectivity index (χ0n) is 21.0. The Morgan fingerprint density at radius 3 is 2.27 bits per heavy atom. The zero-order chi connectivity index (χ0) is 25.8. The van der Waals surface area contributed by atoms with Gasteiger partial charge in [0.05, 0.1) is 53.9 Å². The summed E-state index contributed by atoms with van der Waals surface area (Å²) in [5, 5.41) is 4.14. The molecule has 8 heteroatoms. The highest BCUT2D eigenvalue weighted by Gasteiger charge is 2.36. The Bertz CT molecular complexity index is 1800. The number of nitrogens with zero attached hydrogens (tertiary/aromatic N) is 3. The summed E-state index contributed by atoms with van der Waals surface area (Å²) in [6.45, 7) is 0. The fourth-order valence-corrected chi connectivity index (χ4v) is 5.46. The van der Waals surface area contributed by atoms with Crippen molar-refractivity contribution in [2.75, 3.05) is 19.5 Å². The summed E-state index contributed by atoms with van der Waals surface area (Å²) < 4.78 is 16.2. The molecule has 3 heterocycles. The molecule has 1 N–H and O–H groups in total. The highest BCUT2D eigenvalue weighted by molar-refractivity contribution is 5.99. The predicted molar refractivity (Wildman–Crippen MR) is 144 cm³/mol. The van der Waals surface area contributed by atoms with Crippen molar-refractivity contribution in [1.29, 1.82) is 0 Å². The van der Waals surface area contributed by atoms with E-state index >= 15 is 0 Å². The van der Waals surface area contributed by atoms with Gasteiger partial charge in [0.15, 0.2) is 11.5 Å². The number of benzene rings is 3. The van der Waals surface area contributed by atoms with Crippen LogP contribution in [0.1, 0.15) is 17.3 Å². The minimum absolute atomic E-state index is 0.340. The molecule has 37 heavy (non-hydrogen) atoms. The van der Waals surface area contributed by atoms with Crippen LogP contribution in [-0.4, -0.2) is 27.9 Å². The minimum Gasteiger partial charge on any atom is -0.493 e. The minimum atomic E-state index is -0.447. The summed E-state index contributed by atoms with van der Waals surface area (Å²) in [4.78, 5) is 27.0. The molecule has 0 saturated heterocycles. The molecule has 5 aromatic rings. The molecular weight excluding hydrogens is 468 g/mol. The highest BCUT2D eigenvalue weighted by Crippen LogP contribution is 2.48. The van der Waals surface area contributed by atoms with Crippen molar-refractivity contribution in [2.24, 2.45) is 14.1 Å². The van der Waals surface area contributed by atoms with Crippen molar-refractivity contribution in [2.45, 2.75) is 6.04 Å². The Labute approximate surface area is 212 Å². The van der Waals surface area contributed by atoms with Gasteiger partial charge in [0.1, 0.15) is 0 Å². The molecule has 0 amide bonds. The van der Waals surface area contributed by atoms with Gasteiger partial charge in [-0.05, 0) is 23.8 Å². The quantitative estimate of drug-likeness (QED) is 0.405. The van der Waals surface area contributed by atoms with Crippen LogP contribution in [0.5, 0.6) is 11.5 Å². The van der Waals surface area contributed by atoms with Gasteiger partial charge in [0.2, 0.25) is 0 Å². The monoisotopic (exact) mass is 494 g/mol. The molecule has 186 valence electrons. The Morgan fingerprint density at radius 1 is 0.811 bits per heavy atom. The first kappa shape index (κ1) is 22.7. The Balaban J connectivity index is 1.86. The number of aryl methyl sites for hydroxylation is 1. The van der Waals surface area contributed by atoms with Gasteiger partial charge in [0.25, 0.3) is 5.56 Å². The van der Waals surface area contributed by atoms with Crippen LogP contribution in [0.4, 0.5) is 5.69 Å². The van der Waals surface area contributed by atoms with E-state index in [0.29, 0.717) is 22.4 Å². The number of para-hydroxylation sites is 3. The normalized spacial score (nSPS) is 14.1. The van der Waals surface area contributed by atoms with E-state index in [9.17, 15) is 9.59 Å². The van der Waals surface area contributed by atoms with Crippen LogP contribution in [0, 0.1) is 0 Å². The maximum Gasteiger partial charge on any atom is 0.331 e. The molecule has 0 spiro atoms. The van der Waals surface area contributed by atoms with Crippen LogP contribution >= 0.6 is 0 Å². The number of fused-ring (bicyclic) bond motifs is 5. The molecule has 0 saturated carbocycles. The summed E-state index contributed by atoms with van der Waals surface area (Å²) in [5.41, 5.74) is 4.84. The fourth-order valence-electron chi connectivity index (χ4n) is 5.46. The molecular formula is C29H26N4O4. The van der Waals surface area contributed by atoms with Crippen LogP contribution in [0.25, 0.3) is 27.8 Å². The lowest BCUT2D eigenvalue weighted by atomic mass is 9.98. The number of methoxy groups -OCH3 is 2. The highest BCUT2D eigenvalue weighted by atomic mass is 16.5. The standard InChI is InChI=1S/C29H26N4O4/c1-31-25-22(28(34)32(2)29(31)35)24(17-11-6-5-7-12-17)33-20-15-9-8-14-19(20)30-23(26(25)33)18-13-10-16-21(36-3)27(18)37-4/h5-16,23,30H,1-4H3. The molecule has 0 aliphatic carbocycles. The van der Waals surface area contributed by atoms with Crippen LogP contribution < -0.4 is 26.0 Å². The van der Waals surface area contributed by atoms with Gasteiger partial charge >= 0.3 is 5.69 Å². The summed E-state index contributed by atoms with van der Waals surface area (Å²) in [5.74, 6) is 1.18. The maximum absolute atomic E-state index is 13.8. The molecule has 0 fully saturated rings. The van der Waals surface area contributed by atoms with E-state index < -0.39 is 6.04 Å². The second-order valence-electron chi connectivity index (χ2n) is 9.04. The first-order chi connectivity index (χ1) is 18.0. The molecule has 1 atom stereocenters. The maximum atomic E-state index is 13.8. The molecule has 1 aliphatic heterocycles. The van der Waals surface area contributed by atoms with Crippen LogP contribution in [0.2, 0.25) is 0 Å². The Kier molecular flexibility index (Phi) is 5.19. The predicted octanol–water partition coefficient (Wildman–Crippen LogP) is 4.23. The summed E-state index contributed by atoms with van der Waals surface area (Å²) >= 11 is 0. The lowest BCUT2D eigenvalue weighted by molar-refractivity contribution is 0.351. The largest absolute Gasteiger partial charge is 0.493 e. The first-order valence-corrected chi connectivity index (χ1v) is 11.9. The van der Waals surface area contributed by atoms with E-state index in [1.165, 1.54) is 11.6 Å². The number of nitrogens with one attached hydrogen (secondary N) is 1. The average Bonchev–Trinajstić information content (AvgIpc) is 3.31. The smallest absolute Gasteiger partial charge is 0.331 e. The molecule has 0 radical (unpaired) electrons. The number of anilines is 1. The van der Waals surface area contributed by atoms with Gasteiger partial charge in [-0.25, -0.2) is 4.79 Å². The molecule has 2 aromatic heterocycles. The summed E-state index contributed by atoms with van der Waals surface area (Å²) in [7, 11) is 6.44. The third kappa shape index (κ3) is 3.15. The number of rotatable bonds is 4. The second kappa shape index (κ2) is 8.44. The Hall–Kier alpha value is -4.72. The number of hydrogen-bond donors (Lipinski definition) is 1. The number of aromatic nitrogens is 3. The molecule has 3 aromatic carbocycles. The lowest BCUT2D eigenvalue weighted by Crippen LogP contribution is -2.37.